The Morgan fingerprint density at radius 1 is 1.08 bits per heavy atom. The summed E-state index contributed by atoms with van der Waals surface area (Å²) in [6, 6.07) is 14.9. The van der Waals surface area contributed by atoms with Gasteiger partial charge in [-0.15, -0.1) is 11.3 Å². The van der Waals surface area contributed by atoms with Crippen molar-refractivity contribution in [2.45, 2.75) is 9.79 Å². The third-order valence-electron chi connectivity index (χ3n) is 3.71. The number of rotatable bonds is 5. The topological polar surface area (TPSA) is 101 Å². The van der Waals surface area contributed by atoms with Crippen molar-refractivity contribution in [1.29, 1.82) is 5.41 Å². The summed E-state index contributed by atoms with van der Waals surface area (Å²) in [6.07, 6.45) is 0.746. The molecule has 2 aromatic carbocycles. The molecule has 0 radical (unpaired) electrons. The molecule has 0 atom stereocenters. The minimum absolute atomic E-state index is 0.0755. The summed E-state index contributed by atoms with van der Waals surface area (Å²) < 4.78 is 26.4. The largest absolute Gasteiger partial charge is 0.383 e. The molecule has 26 heavy (non-hydrogen) atoms. The fourth-order valence-electron chi connectivity index (χ4n) is 2.43. The predicted octanol–water partition coefficient (Wildman–Crippen LogP) is 4.11. The number of halogens is 1. The van der Waals surface area contributed by atoms with Crippen molar-refractivity contribution in [1.82, 2.24) is 0 Å². The van der Waals surface area contributed by atoms with Crippen molar-refractivity contribution < 1.29 is 13.2 Å². The van der Waals surface area contributed by atoms with Crippen LogP contribution in [0.5, 0.6) is 0 Å². The molecular weight excluding hydrogens is 436 g/mol. The molecule has 1 aromatic heterocycles. The highest BCUT2D eigenvalue weighted by atomic mass is 79.9. The molecule has 0 aliphatic carbocycles. The number of hydrogen-bond donors (Lipinski definition) is 2. The molecule has 3 aromatic rings. The van der Waals surface area contributed by atoms with E-state index in [0.717, 1.165) is 23.2 Å². The van der Waals surface area contributed by atoms with Crippen LogP contribution >= 0.6 is 27.3 Å². The Bertz CT molecular complexity index is 1120. The monoisotopic (exact) mass is 448 g/mol. The van der Waals surface area contributed by atoms with Crippen molar-refractivity contribution in [2.24, 2.45) is 5.73 Å². The Balaban J connectivity index is 2.09. The van der Waals surface area contributed by atoms with E-state index in [1.54, 1.807) is 36.4 Å². The van der Waals surface area contributed by atoms with Crippen molar-refractivity contribution in [3.05, 3.63) is 68.8 Å². The van der Waals surface area contributed by atoms with E-state index in [9.17, 15) is 13.2 Å². The second-order valence-electron chi connectivity index (χ2n) is 5.44. The highest BCUT2D eigenvalue weighted by Gasteiger charge is 2.24. The molecule has 0 aliphatic rings. The summed E-state index contributed by atoms with van der Waals surface area (Å²) in [6.45, 7) is 0. The number of aldehydes is 1. The molecule has 8 heteroatoms. The number of nitrogens with one attached hydrogen (secondary N) is 1. The maximum absolute atomic E-state index is 13.0. The maximum atomic E-state index is 13.0. The van der Waals surface area contributed by atoms with Crippen LogP contribution in [0.15, 0.2) is 68.2 Å². The molecule has 3 rings (SSSR count). The molecule has 5 nitrogen and oxygen atoms in total. The third kappa shape index (κ3) is 3.48. The summed E-state index contributed by atoms with van der Waals surface area (Å²) in [4.78, 5) is 11.5. The molecule has 0 fully saturated rings. The predicted molar refractivity (Wildman–Crippen MR) is 106 cm³/mol. The van der Waals surface area contributed by atoms with Crippen LogP contribution in [0.1, 0.15) is 15.2 Å². The number of amidine groups is 1. The Morgan fingerprint density at radius 2 is 1.73 bits per heavy atom. The minimum atomic E-state index is -3.79. The SMILES string of the molecule is N=C(N)c1cc(S(=O)(=O)c2cccc(-c3cccc(C=O)c3)c2)c(Br)s1. The number of hydrogen-bond acceptors (Lipinski definition) is 5. The summed E-state index contributed by atoms with van der Waals surface area (Å²) in [7, 11) is -3.79. The van der Waals surface area contributed by atoms with Crippen LogP contribution < -0.4 is 5.73 Å². The lowest BCUT2D eigenvalue weighted by Gasteiger charge is -2.07. The number of carbonyl (C=O) groups is 1. The van der Waals surface area contributed by atoms with Gasteiger partial charge in [-0.2, -0.15) is 0 Å². The first-order chi connectivity index (χ1) is 12.3. The second-order valence-corrected chi connectivity index (χ2v) is 9.73. The van der Waals surface area contributed by atoms with Crippen molar-refractivity contribution in [2.75, 3.05) is 0 Å². The number of nitrogen functional groups attached to an aromatic ring is 1. The van der Waals surface area contributed by atoms with Crippen LogP contribution in [0.3, 0.4) is 0 Å². The third-order valence-corrected chi connectivity index (χ3v) is 7.75. The van der Waals surface area contributed by atoms with Gasteiger partial charge in [-0.25, -0.2) is 8.42 Å². The summed E-state index contributed by atoms with van der Waals surface area (Å²) >= 11 is 4.35. The van der Waals surface area contributed by atoms with Gasteiger partial charge >= 0.3 is 0 Å². The highest BCUT2D eigenvalue weighted by Crippen LogP contribution is 2.36. The molecule has 0 unspecified atom stereocenters. The summed E-state index contributed by atoms with van der Waals surface area (Å²) in [5, 5.41) is 7.48. The Labute approximate surface area is 163 Å². The lowest BCUT2D eigenvalue weighted by Crippen LogP contribution is -2.08. The van der Waals surface area contributed by atoms with Gasteiger partial charge in [-0.1, -0.05) is 30.3 Å². The molecule has 0 aliphatic heterocycles. The summed E-state index contributed by atoms with van der Waals surface area (Å²) in [5.74, 6) is -0.184. The van der Waals surface area contributed by atoms with Gasteiger partial charge in [0.2, 0.25) is 9.84 Å². The van der Waals surface area contributed by atoms with Crippen LogP contribution in [-0.2, 0) is 9.84 Å². The van der Waals surface area contributed by atoms with Crippen LogP contribution in [0.4, 0.5) is 0 Å². The maximum Gasteiger partial charge on any atom is 0.208 e. The van der Waals surface area contributed by atoms with Crippen molar-refractivity contribution in [3.8, 4) is 11.1 Å². The molecule has 0 spiro atoms. The molecule has 0 saturated heterocycles. The Hall–Kier alpha value is -2.29. The van der Waals surface area contributed by atoms with E-state index in [1.165, 1.54) is 12.1 Å². The van der Waals surface area contributed by atoms with Gasteiger partial charge in [-0.05, 0) is 51.3 Å². The van der Waals surface area contributed by atoms with E-state index < -0.39 is 9.84 Å². The number of carbonyl (C=O) groups excluding carboxylic acids is 1. The highest BCUT2D eigenvalue weighted by molar-refractivity contribution is 9.11. The van der Waals surface area contributed by atoms with Gasteiger partial charge in [0, 0.05) is 5.56 Å². The van der Waals surface area contributed by atoms with Gasteiger partial charge in [0.1, 0.15) is 12.1 Å². The Morgan fingerprint density at radius 3 is 2.35 bits per heavy atom. The van der Waals surface area contributed by atoms with Crippen LogP contribution in [0.25, 0.3) is 11.1 Å². The fourth-order valence-corrected chi connectivity index (χ4v) is 6.15. The van der Waals surface area contributed by atoms with E-state index in [2.05, 4.69) is 15.9 Å². The average Bonchev–Trinajstić information content (AvgIpc) is 3.05. The molecule has 3 N–H and O–H groups in total. The first-order valence-electron chi connectivity index (χ1n) is 7.37. The molecule has 0 saturated carbocycles. The van der Waals surface area contributed by atoms with E-state index in [-0.39, 0.29) is 15.6 Å². The lowest BCUT2D eigenvalue weighted by atomic mass is 10.0. The average molecular weight is 449 g/mol. The van der Waals surface area contributed by atoms with E-state index in [0.29, 0.717) is 19.8 Å². The Kier molecular flexibility index (Phi) is 5.08. The number of sulfone groups is 1. The smallest absolute Gasteiger partial charge is 0.208 e. The van der Waals surface area contributed by atoms with E-state index >= 15 is 0 Å². The van der Waals surface area contributed by atoms with Gasteiger partial charge in [0.25, 0.3) is 0 Å². The molecular formula is C18H13BrN2O3S2. The molecule has 0 amide bonds. The van der Waals surface area contributed by atoms with Crippen molar-refractivity contribution in [3.63, 3.8) is 0 Å². The molecule has 0 bridgehead atoms. The van der Waals surface area contributed by atoms with Gasteiger partial charge in [0.15, 0.2) is 0 Å². The standard InChI is InChI=1S/C18H13BrN2O3S2/c19-17-16(9-15(25-17)18(20)21)26(23,24)14-6-2-5-13(8-14)12-4-1-3-11(7-12)10-22/h1-10H,(H3,20,21). The first-order valence-corrected chi connectivity index (χ1v) is 10.5. The van der Waals surface area contributed by atoms with Crippen LogP contribution in [-0.4, -0.2) is 20.5 Å². The fraction of sp³-hybridized carbons (Fsp3) is 0. The van der Waals surface area contributed by atoms with E-state index in [4.69, 9.17) is 11.1 Å². The number of benzene rings is 2. The lowest BCUT2D eigenvalue weighted by molar-refractivity contribution is 0.112. The van der Waals surface area contributed by atoms with Crippen LogP contribution in [0, 0.1) is 5.41 Å². The van der Waals surface area contributed by atoms with Gasteiger partial charge in [0.05, 0.1) is 18.5 Å². The first kappa shape index (κ1) is 18.5. The molecule has 132 valence electrons. The van der Waals surface area contributed by atoms with Crippen LogP contribution in [0.2, 0.25) is 0 Å². The van der Waals surface area contributed by atoms with E-state index in [1.807, 2.05) is 6.07 Å². The van der Waals surface area contributed by atoms with Gasteiger partial charge < -0.3 is 5.73 Å². The zero-order valence-electron chi connectivity index (χ0n) is 13.3. The number of thiophene rings is 1. The summed E-state index contributed by atoms with van der Waals surface area (Å²) in [5.41, 5.74) is 7.41. The normalized spacial score (nSPS) is 11.3. The molecule has 1 heterocycles. The van der Waals surface area contributed by atoms with Crippen molar-refractivity contribution >= 4 is 49.2 Å². The second kappa shape index (κ2) is 7.14. The zero-order chi connectivity index (χ0) is 18.9. The quantitative estimate of drug-likeness (QED) is 0.348. The minimum Gasteiger partial charge on any atom is -0.383 e. The zero-order valence-corrected chi connectivity index (χ0v) is 16.5. The van der Waals surface area contributed by atoms with Gasteiger partial charge in [-0.3, -0.25) is 10.2 Å². The number of nitrogens with two attached hydrogens (primary N) is 1.